The largest absolute Gasteiger partial charge is 0.460 e. The number of amides is 1. The van der Waals surface area contributed by atoms with Crippen molar-refractivity contribution in [3.63, 3.8) is 0 Å². The Morgan fingerprint density at radius 1 is 1.29 bits per heavy atom. The SMILES string of the molecule is CC(=O)C(=O)Nc1cnc(CC(=O)OC(C)(C)C)c(C)c1. The minimum Gasteiger partial charge on any atom is -0.460 e. The minimum atomic E-state index is -0.698. The fraction of sp³-hybridized carbons (Fsp3) is 0.467. The number of aryl methyl sites for hydroxylation is 1. The third-order valence-corrected chi connectivity index (χ3v) is 2.50. The summed E-state index contributed by atoms with van der Waals surface area (Å²) in [6.07, 6.45) is 1.47. The minimum absolute atomic E-state index is 0.0596. The molecule has 0 radical (unpaired) electrons. The van der Waals surface area contributed by atoms with Crippen LogP contribution in [0.25, 0.3) is 0 Å². The van der Waals surface area contributed by atoms with E-state index < -0.39 is 17.3 Å². The van der Waals surface area contributed by atoms with E-state index in [4.69, 9.17) is 4.74 Å². The summed E-state index contributed by atoms with van der Waals surface area (Å²) in [5.41, 5.74) is 1.19. The van der Waals surface area contributed by atoms with Crippen molar-refractivity contribution in [1.82, 2.24) is 4.98 Å². The van der Waals surface area contributed by atoms with Gasteiger partial charge >= 0.3 is 5.97 Å². The van der Waals surface area contributed by atoms with E-state index in [2.05, 4.69) is 10.3 Å². The van der Waals surface area contributed by atoms with Crippen LogP contribution in [0.5, 0.6) is 0 Å². The van der Waals surface area contributed by atoms with Crippen LogP contribution in [0.15, 0.2) is 12.3 Å². The van der Waals surface area contributed by atoms with Crippen molar-refractivity contribution in [3.8, 4) is 0 Å². The number of esters is 1. The molecule has 0 saturated carbocycles. The Balaban J connectivity index is 2.77. The Hall–Kier alpha value is -2.24. The first kappa shape index (κ1) is 16.8. The van der Waals surface area contributed by atoms with Crippen molar-refractivity contribution in [1.29, 1.82) is 0 Å². The van der Waals surface area contributed by atoms with Crippen LogP contribution < -0.4 is 5.32 Å². The lowest BCUT2D eigenvalue weighted by Crippen LogP contribution is -2.25. The number of rotatable bonds is 4. The maximum atomic E-state index is 11.8. The number of anilines is 1. The van der Waals surface area contributed by atoms with Crippen molar-refractivity contribution in [2.24, 2.45) is 0 Å². The number of nitrogens with one attached hydrogen (secondary N) is 1. The number of Topliss-reactive ketones (excluding diaryl/α,β-unsaturated/α-hetero) is 1. The number of aromatic nitrogens is 1. The standard InChI is InChI=1S/C15H20N2O4/c1-9-6-11(17-14(20)10(2)18)8-16-12(9)7-13(19)21-15(3,4)5/h6,8H,7H2,1-5H3,(H,17,20). The van der Waals surface area contributed by atoms with Crippen LogP contribution in [0.3, 0.4) is 0 Å². The maximum Gasteiger partial charge on any atom is 0.312 e. The number of ether oxygens (including phenoxy) is 1. The van der Waals surface area contributed by atoms with Gasteiger partial charge in [-0.05, 0) is 39.3 Å². The molecule has 0 saturated heterocycles. The van der Waals surface area contributed by atoms with E-state index in [1.54, 1.807) is 33.8 Å². The fourth-order valence-corrected chi connectivity index (χ4v) is 1.59. The van der Waals surface area contributed by atoms with Gasteiger partial charge in [-0.1, -0.05) is 0 Å². The Bertz CT molecular complexity index is 574. The summed E-state index contributed by atoms with van der Waals surface area (Å²) in [5.74, 6) is -1.64. The second kappa shape index (κ2) is 6.47. The highest BCUT2D eigenvalue weighted by Gasteiger charge is 2.18. The van der Waals surface area contributed by atoms with Crippen LogP contribution in [0.2, 0.25) is 0 Å². The Labute approximate surface area is 123 Å². The molecule has 0 aliphatic carbocycles. The molecule has 0 atom stereocenters. The summed E-state index contributed by atoms with van der Waals surface area (Å²) in [6.45, 7) is 8.35. The molecule has 0 aliphatic heterocycles. The molecular weight excluding hydrogens is 272 g/mol. The second-order valence-corrected chi connectivity index (χ2v) is 5.76. The van der Waals surface area contributed by atoms with E-state index in [-0.39, 0.29) is 12.4 Å². The average molecular weight is 292 g/mol. The highest BCUT2D eigenvalue weighted by atomic mass is 16.6. The molecule has 0 aromatic carbocycles. The smallest absolute Gasteiger partial charge is 0.312 e. The summed E-state index contributed by atoms with van der Waals surface area (Å²) in [5, 5.41) is 2.43. The van der Waals surface area contributed by atoms with Crippen molar-refractivity contribution in [2.45, 2.75) is 46.6 Å². The molecule has 1 N–H and O–H groups in total. The highest BCUT2D eigenvalue weighted by molar-refractivity contribution is 6.39. The molecule has 0 fully saturated rings. The van der Waals surface area contributed by atoms with Crippen LogP contribution in [-0.2, 0) is 25.5 Å². The Kier molecular flexibility index (Phi) is 5.18. The molecule has 0 unspecified atom stereocenters. The van der Waals surface area contributed by atoms with Gasteiger partial charge in [-0.15, -0.1) is 0 Å². The lowest BCUT2D eigenvalue weighted by atomic mass is 10.1. The van der Waals surface area contributed by atoms with Crippen LogP contribution in [-0.4, -0.2) is 28.2 Å². The molecular formula is C15H20N2O4. The van der Waals surface area contributed by atoms with Crippen molar-refractivity contribution < 1.29 is 19.1 Å². The van der Waals surface area contributed by atoms with Gasteiger partial charge in [-0.2, -0.15) is 0 Å². The summed E-state index contributed by atoms with van der Waals surface area (Å²) in [6, 6.07) is 1.66. The molecule has 0 spiro atoms. The van der Waals surface area contributed by atoms with Crippen molar-refractivity contribution in [3.05, 3.63) is 23.5 Å². The molecule has 1 heterocycles. The van der Waals surface area contributed by atoms with E-state index >= 15 is 0 Å². The van der Waals surface area contributed by atoms with Crippen LogP contribution in [0.4, 0.5) is 5.69 Å². The van der Waals surface area contributed by atoms with Crippen LogP contribution in [0, 0.1) is 6.92 Å². The van der Waals surface area contributed by atoms with E-state index in [0.717, 1.165) is 5.56 Å². The average Bonchev–Trinajstić information content (AvgIpc) is 2.30. The monoisotopic (exact) mass is 292 g/mol. The molecule has 1 rings (SSSR count). The summed E-state index contributed by atoms with van der Waals surface area (Å²) >= 11 is 0. The molecule has 21 heavy (non-hydrogen) atoms. The Morgan fingerprint density at radius 3 is 2.38 bits per heavy atom. The number of carbonyl (C=O) groups excluding carboxylic acids is 3. The molecule has 1 amide bonds. The fourth-order valence-electron chi connectivity index (χ4n) is 1.59. The van der Waals surface area contributed by atoms with E-state index in [0.29, 0.717) is 11.4 Å². The van der Waals surface area contributed by atoms with Gasteiger partial charge in [0.1, 0.15) is 5.60 Å². The predicted molar refractivity (Wildman–Crippen MR) is 77.8 cm³/mol. The third kappa shape index (κ3) is 5.72. The summed E-state index contributed by atoms with van der Waals surface area (Å²) in [7, 11) is 0. The predicted octanol–water partition coefficient (Wildman–Crippen LogP) is 1.80. The molecule has 6 nitrogen and oxygen atoms in total. The number of hydrogen-bond acceptors (Lipinski definition) is 5. The van der Waals surface area contributed by atoms with Gasteiger partial charge in [0.15, 0.2) is 0 Å². The Morgan fingerprint density at radius 2 is 1.90 bits per heavy atom. The zero-order valence-electron chi connectivity index (χ0n) is 12.9. The topological polar surface area (TPSA) is 85.4 Å². The molecule has 114 valence electrons. The lowest BCUT2D eigenvalue weighted by Gasteiger charge is -2.19. The van der Waals surface area contributed by atoms with Gasteiger partial charge in [0, 0.05) is 6.92 Å². The first-order valence-corrected chi connectivity index (χ1v) is 6.58. The molecule has 1 aromatic heterocycles. The van der Waals surface area contributed by atoms with Gasteiger partial charge in [0.2, 0.25) is 5.78 Å². The van der Waals surface area contributed by atoms with Gasteiger partial charge in [0.05, 0.1) is 24.0 Å². The first-order valence-electron chi connectivity index (χ1n) is 6.58. The number of carbonyl (C=O) groups is 3. The number of ketones is 1. The van der Waals surface area contributed by atoms with E-state index in [1.807, 2.05) is 0 Å². The van der Waals surface area contributed by atoms with E-state index in [9.17, 15) is 14.4 Å². The van der Waals surface area contributed by atoms with E-state index in [1.165, 1.54) is 13.1 Å². The maximum absolute atomic E-state index is 11.8. The molecule has 6 heteroatoms. The first-order chi connectivity index (χ1) is 9.58. The molecule has 0 aliphatic rings. The zero-order chi connectivity index (χ0) is 16.2. The van der Waals surface area contributed by atoms with Gasteiger partial charge in [-0.25, -0.2) is 0 Å². The number of hydrogen-bond donors (Lipinski definition) is 1. The molecule has 1 aromatic rings. The quantitative estimate of drug-likeness (QED) is 0.675. The third-order valence-electron chi connectivity index (χ3n) is 2.50. The summed E-state index contributed by atoms with van der Waals surface area (Å²) < 4.78 is 5.23. The van der Waals surface area contributed by atoms with Crippen LogP contribution >= 0.6 is 0 Å². The lowest BCUT2D eigenvalue weighted by molar-refractivity contribution is -0.154. The highest BCUT2D eigenvalue weighted by Crippen LogP contribution is 2.15. The second-order valence-electron chi connectivity index (χ2n) is 5.76. The normalized spacial score (nSPS) is 10.9. The van der Waals surface area contributed by atoms with Gasteiger partial charge in [0.25, 0.3) is 5.91 Å². The van der Waals surface area contributed by atoms with Gasteiger partial charge in [-0.3, -0.25) is 19.4 Å². The number of nitrogens with zero attached hydrogens (tertiary/aromatic N) is 1. The molecule has 0 bridgehead atoms. The summed E-state index contributed by atoms with van der Waals surface area (Å²) in [4.78, 5) is 38.1. The van der Waals surface area contributed by atoms with Crippen molar-refractivity contribution >= 4 is 23.3 Å². The van der Waals surface area contributed by atoms with Gasteiger partial charge < -0.3 is 10.1 Å². The zero-order valence-corrected chi connectivity index (χ0v) is 12.9. The van der Waals surface area contributed by atoms with Crippen molar-refractivity contribution in [2.75, 3.05) is 5.32 Å². The number of pyridine rings is 1. The van der Waals surface area contributed by atoms with Crippen LogP contribution in [0.1, 0.15) is 39.0 Å².